The highest BCUT2D eigenvalue weighted by atomic mass is 16.6. The van der Waals surface area contributed by atoms with Crippen LogP contribution in [-0.4, -0.2) is 68.3 Å². The number of benzene rings is 4. The number of rotatable bonds is 21. The van der Waals surface area contributed by atoms with E-state index < -0.39 is 42.8 Å². The molecule has 1 N–H and O–H groups in total. The summed E-state index contributed by atoms with van der Waals surface area (Å²) in [7, 11) is 0. The largest absolute Gasteiger partial charge is 0.480 e. The molecule has 11 heteroatoms. The van der Waals surface area contributed by atoms with Crippen molar-refractivity contribution >= 4 is 17.9 Å². The zero-order valence-corrected chi connectivity index (χ0v) is 29.7. The summed E-state index contributed by atoms with van der Waals surface area (Å²) in [5, 5.41) is 11.8. The highest BCUT2D eigenvalue weighted by molar-refractivity contribution is 6.00. The zero-order chi connectivity index (χ0) is 37.1. The highest BCUT2D eigenvalue weighted by Gasteiger charge is 2.35. The molecule has 4 aromatic rings. The molecular formula is C41H46O11. The predicted molar refractivity (Wildman–Crippen MR) is 192 cm³/mol. The molecule has 4 aromatic carbocycles. The van der Waals surface area contributed by atoms with Gasteiger partial charge in [0.15, 0.2) is 6.61 Å². The Morgan fingerprint density at radius 1 is 0.615 bits per heavy atom. The first-order valence-corrected chi connectivity index (χ1v) is 17.3. The Morgan fingerprint density at radius 3 is 1.56 bits per heavy atom. The topological polar surface area (TPSA) is 136 Å². The molecule has 4 rings (SSSR count). The summed E-state index contributed by atoms with van der Waals surface area (Å²) in [6.07, 6.45) is -3.42. The van der Waals surface area contributed by atoms with Crippen molar-refractivity contribution in [3.05, 3.63) is 137 Å². The summed E-state index contributed by atoms with van der Waals surface area (Å²) in [5.41, 5.74) is 2.56. The monoisotopic (exact) mass is 714 g/mol. The molecule has 0 saturated carbocycles. The average molecular weight is 715 g/mol. The average Bonchev–Trinajstić information content (AvgIpc) is 3.16. The highest BCUT2D eigenvalue weighted by Crippen LogP contribution is 2.35. The lowest BCUT2D eigenvalue weighted by molar-refractivity contribution is -0.149. The minimum Gasteiger partial charge on any atom is -0.480 e. The number of esters is 3. The molecule has 276 valence electrons. The van der Waals surface area contributed by atoms with E-state index in [9.17, 15) is 19.5 Å². The summed E-state index contributed by atoms with van der Waals surface area (Å²) in [6.45, 7) is 4.78. The molecule has 0 saturated heterocycles. The molecular weight excluding hydrogens is 668 g/mol. The number of carbonyl (C=O) groups excluding carboxylic acids is 3. The van der Waals surface area contributed by atoms with Crippen molar-refractivity contribution in [2.75, 3.05) is 33.0 Å². The van der Waals surface area contributed by atoms with Crippen LogP contribution in [0.15, 0.2) is 103 Å². The lowest BCUT2D eigenvalue weighted by atomic mass is 9.94. The third-order valence-electron chi connectivity index (χ3n) is 7.71. The Kier molecular flexibility index (Phi) is 16.3. The first kappa shape index (κ1) is 39.7. The van der Waals surface area contributed by atoms with Crippen LogP contribution in [0.2, 0.25) is 0 Å². The van der Waals surface area contributed by atoms with Gasteiger partial charge in [-0.15, -0.1) is 0 Å². The van der Waals surface area contributed by atoms with Crippen LogP contribution in [0.4, 0.5) is 0 Å². The number of aliphatic hydroxyl groups excluding tert-OH is 1. The molecule has 0 aliphatic heterocycles. The molecule has 0 aromatic heterocycles. The van der Waals surface area contributed by atoms with Crippen molar-refractivity contribution in [1.82, 2.24) is 0 Å². The van der Waals surface area contributed by atoms with Gasteiger partial charge < -0.3 is 38.3 Å². The molecule has 0 aliphatic rings. The fourth-order valence-electron chi connectivity index (χ4n) is 5.30. The predicted octanol–water partition coefficient (Wildman–Crippen LogP) is 6.40. The van der Waals surface area contributed by atoms with Gasteiger partial charge in [-0.05, 0) is 55.2 Å². The maximum Gasteiger partial charge on any atom is 0.344 e. The van der Waals surface area contributed by atoms with E-state index in [1.807, 2.05) is 91.0 Å². The molecule has 0 bridgehead atoms. The van der Waals surface area contributed by atoms with E-state index in [2.05, 4.69) is 0 Å². The standard InChI is InChI=1S/C41H46O11/c1-4-47-36(43)28-52-38-33(40(44)48-5-2)22-32(23-34(38)41(45)49-6-3)37(50-25-30-18-12-8-13-19-30)39(51-26-31-20-14-9-15-21-31)35(42)27-46-24-29-16-10-7-11-17-29/h7-23,35,37,39,42H,4-6,24-28H2,1-3H3/t35-,37-,39+/m1/s1. The number of carbonyl (C=O) groups is 3. The first-order chi connectivity index (χ1) is 25.3. The third kappa shape index (κ3) is 12.0. The van der Waals surface area contributed by atoms with Crippen LogP contribution in [0.5, 0.6) is 5.75 Å². The van der Waals surface area contributed by atoms with Gasteiger partial charge in [0.1, 0.15) is 35.2 Å². The summed E-state index contributed by atoms with van der Waals surface area (Å²) < 4.78 is 40.4. The Bertz CT molecular complexity index is 1640. The smallest absolute Gasteiger partial charge is 0.344 e. The van der Waals surface area contributed by atoms with Gasteiger partial charge in [0.05, 0.1) is 46.2 Å². The Morgan fingerprint density at radius 2 is 1.08 bits per heavy atom. The molecule has 0 heterocycles. The van der Waals surface area contributed by atoms with Gasteiger partial charge in [-0.1, -0.05) is 91.0 Å². The lowest BCUT2D eigenvalue weighted by Gasteiger charge is -2.32. The summed E-state index contributed by atoms with van der Waals surface area (Å²) in [5.74, 6) is -2.55. The van der Waals surface area contributed by atoms with Crippen molar-refractivity contribution < 1.29 is 52.6 Å². The summed E-state index contributed by atoms with van der Waals surface area (Å²) in [4.78, 5) is 39.3. The molecule has 3 atom stereocenters. The molecule has 0 fully saturated rings. The quantitative estimate of drug-likeness (QED) is 0.0758. The second-order valence-electron chi connectivity index (χ2n) is 11.5. The van der Waals surface area contributed by atoms with Gasteiger partial charge in [0, 0.05) is 0 Å². The number of hydrogen-bond acceptors (Lipinski definition) is 11. The number of hydrogen-bond donors (Lipinski definition) is 1. The van der Waals surface area contributed by atoms with Crippen LogP contribution in [0.1, 0.15) is 69.8 Å². The van der Waals surface area contributed by atoms with Crippen LogP contribution in [0, 0.1) is 0 Å². The Labute approximate surface area is 304 Å². The van der Waals surface area contributed by atoms with Crippen molar-refractivity contribution in [2.24, 2.45) is 0 Å². The minimum absolute atomic E-state index is 0.0172. The van der Waals surface area contributed by atoms with Gasteiger partial charge in [-0.2, -0.15) is 0 Å². The first-order valence-electron chi connectivity index (χ1n) is 17.3. The van der Waals surface area contributed by atoms with E-state index in [1.165, 1.54) is 12.1 Å². The number of ether oxygens (including phenoxy) is 7. The molecule has 52 heavy (non-hydrogen) atoms. The van der Waals surface area contributed by atoms with Crippen molar-refractivity contribution in [3.8, 4) is 5.75 Å². The van der Waals surface area contributed by atoms with E-state index in [-0.39, 0.29) is 68.7 Å². The Balaban J connectivity index is 1.82. The molecule has 0 amide bonds. The fourth-order valence-corrected chi connectivity index (χ4v) is 5.30. The zero-order valence-electron chi connectivity index (χ0n) is 29.7. The number of aliphatic hydroxyl groups is 1. The van der Waals surface area contributed by atoms with E-state index in [0.717, 1.165) is 16.7 Å². The lowest BCUT2D eigenvalue weighted by Crippen LogP contribution is -2.39. The van der Waals surface area contributed by atoms with Crippen LogP contribution in [0.25, 0.3) is 0 Å². The second-order valence-corrected chi connectivity index (χ2v) is 11.5. The third-order valence-corrected chi connectivity index (χ3v) is 7.71. The van der Waals surface area contributed by atoms with Crippen LogP contribution in [-0.2, 0) is 53.0 Å². The van der Waals surface area contributed by atoms with Gasteiger partial charge in [0.25, 0.3) is 0 Å². The molecule has 0 unspecified atom stereocenters. The van der Waals surface area contributed by atoms with E-state index in [1.54, 1.807) is 20.8 Å². The van der Waals surface area contributed by atoms with E-state index in [4.69, 9.17) is 33.2 Å². The normalized spacial score (nSPS) is 12.7. The van der Waals surface area contributed by atoms with Crippen LogP contribution < -0.4 is 4.74 Å². The van der Waals surface area contributed by atoms with E-state index in [0.29, 0.717) is 0 Å². The molecule has 0 spiro atoms. The minimum atomic E-state index is -1.25. The maximum atomic E-state index is 13.5. The fraction of sp³-hybridized carbons (Fsp3) is 0.341. The van der Waals surface area contributed by atoms with Crippen LogP contribution >= 0.6 is 0 Å². The summed E-state index contributed by atoms with van der Waals surface area (Å²) in [6, 6.07) is 31.3. The van der Waals surface area contributed by atoms with Crippen LogP contribution in [0.3, 0.4) is 0 Å². The van der Waals surface area contributed by atoms with Crippen molar-refractivity contribution in [3.63, 3.8) is 0 Å². The van der Waals surface area contributed by atoms with Gasteiger partial charge in [0.2, 0.25) is 0 Å². The van der Waals surface area contributed by atoms with Crippen molar-refractivity contribution in [2.45, 2.75) is 58.9 Å². The van der Waals surface area contributed by atoms with Gasteiger partial charge >= 0.3 is 17.9 Å². The van der Waals surface area contributed by atoms with Crippen molar-refractivity contribution in [1.29, 1.82) is 0 Å². The van der Waals surface area contributed by atoms with Gasteiger partial charge in [-0.25, -0.2) is 14.4 Å². The molecule has 0 radical (unpaired) electrons. The maximum absolute atomic E-state index is 13.5. The molecule has 0 aliphatic carbocycles. The second kappa shape index (κ2) is 21.3. The Hall–Kier alpha value is -5.07. The molecule has 11 nitrogen and oxygen atoms in total. The SMILES string of the molecule is CCOC(=O)COc1c(C(=O)OCC)cc([C@@H](OCc2ccccc2)[C@@H](OCc2ccccc2)[C@H](O)COCc2ccccc2)cc1C(=O)OCC. The van der Waals surface area contributed by atoms with Gasteiger partial charge in [-0.3, -0.25) is 0 Å². The summed E-state index contributed by atoms with van der Waals surface area (Å²) >= 11 is 0. The van der Waals surface area contributed by atoms with E-state index >= 15 is 0 Å².